The molecule has 0 amide bonds. The Morgan fingerprint density at radius 2 is 0.857 bits per heavy atom. The first-order valence-electron chi connectivity index (χ1n) is 14.2. The van der Waals surface area contributed by atoms with Crippen molar-refractivity contribution >= 4 is 17.1 Å². The van der Waals surface area contributed by atoms with E-state index in [-0.39, 0.29) is 0 Å². The molecule has 3 heteroatoms. The SMILES string of the molecule is c1ccc(-c2cccc(-c3cc(-c4ccccc4)nn3-c3ccc(N(c4ccccc4)c4ccccc4)cc3)c2)cc1. The topological polar surface area (TPSA) is 21.1 Å². The van der Waals surface area contributed by atoms with Gasteiger partial charge in [-0.25, -0.2) is 4.68 Å². The van der Waals surface area contributed by atoms with Gasteiger partial charge in [-0.3, -0.25) is 0 Å². The molecular weight excluding hydrogens is 510 g/mol. The van der Waals surface area contributed by atoms with Crippen LogP contribution in [0, 0.1) is 0 Å². The first-order chi connectivity index (χ1) is 20.8. The zero-order valence-corrected chi connectivity index (χ0v) is 23.1. The second-order valence-corrected chi connectivity index (χ2v) is 10.2. The summed E-state index contributed by atoms with van der Waals surface area (Å²) in [6.07, 6.45) is 0. The van der Waals surface area contributed by atoms with Gasteiger partial charge in [-0.2, -0.15) is 5.10 Å². The third-order valence-electron chi connectivity index (χ3n) is 7.43. The first-order valence-corrected chi connectivity index (χ1v) is 14.2. The van der Waals surface area contributed by atoms with Gasteiger partial charge >= 0.3 is 0 Å². The van der Waals surface area contributed by atoms with Crippen molar-refractivity contribution in [3.63, 3.8) is 0 Å². The van der Waals surface area contributed by atoms with E-state index in [0.717, 1.165) is 45.3 Å². The Balaban J connectivity index is 1.33. The highest BCUT2D eigenvalue weighted by Gasteiger charge is 2.16. The third-order valence-corrected chi connectivity index (χ3v) is 7.43. The fraction of sp³-hybridized carbons (Fsp3) is 0. The van der Waals surface area contributed by atoms with Crippen LogP contribution in [0.2, 0.25) is 0 Å². The Bertz CT molecular complexity index is 1850. The lowest BCUT2D eigenvalue weighted by molar-refractivity contribution is 0.892. The summed E-state index contributed by atoms with van der Waals surface area (Å²) < 4.78 is 2.06. The van der Waals surface area contributed by atoms with E-state index in [1.807, 2.05) is 18.2 Å². The van der Waals surface area contributed by atoms with Crippen molar-refractivity contribution in [3.05, 3.63) is 176 Å². The Morgan fingerprint density at radius 3 is 1.45 bits per heavy atom. The first kappa shape index (κ1) is 25.3. The Kier molecular flexibility index (Phi) is 6.89. The summed E-state index contributed by atoms with van der Waals surface area (Å²) in [4.78, 5) is 2.27. The van der Waals surface area contributed by atoms with Crippen molar-refractivity contribution in [2.75, 3.05) is 4.90 Å². The van der Waals surface area contributed by atoms with Crippen molar-refractivity contribution in [2.24, 2.45) is 0 Å². The number of anilines is 3. The highest BCUT2D eigenvalue weighted by molar-refractivity contribution is 5.78. The standard InChI is InChI=1S/C39H29N3/c1-5-14-30(15-6-1)32-18-13-19-33(28-32)39-29-38(31-16-7-2-8-17-31)40-42(39)37-26-24-36(25-27-37)41(34-20-9-3-10-21-34)35-22-11-4-12-23-35/h1-29H. The zero-order chi connectivity index (χ0) is 28.1. The molecule has 0 aliphatic rings. The van der Waals surface area contributed by atoms with Crippen LogP contribution in [-0.2, 0) is 0 Å². The summed E-state index contributed by atoms with van der Waals surface area (Å²) in [5, 5.41) is 5.12. The lowest BCUT2D eigenvalue weighted by Crippen LogP contribution is -2.10. The molecule has 0 radical (unpaired) electrons. The van der Waals surface area contributed by atoms with Crippen LogP contribution in [0.25, 0.3) is 39.3 Å². The van der Waals surface area contributed by atoms with Crippen LogP contribution in [0.15, 0.2) is 176 Å². The van der Waals surface area contributed by atoms with Gasteiger partial charge in [0.1, 0.15) is 0 Å². The second kappa shape index (κ2) is 11.4. The number of hydrogen-bond acceptors (Lipinski definition) is 2. The van der Waals surface area contributed by atoms with Crippen molar-refractivity contribution in [2.45, 2.75) is 0 Å². The van der Waals surface area contributed by atoms with Gasteiger partial charge in [0, 0.05) is 28.2 Å². The van der Waals surface area contributed by atoms with Gasteiger partial charge in [0.15, 0.2) is 0 Å². The number of benzene rings is 6. The number of aromatic nitrogens is 2. The van der Waals surface area contributed by atoms with Gasteiger partial charge in [-0.1, -0.05) is 115 Å². The van der Waals surface area contributed by atoms with Crippen molar-refractivity contribution in [1.82, 2.24) is 9.78 Å². The van der Waals surface area contributed by atoms with E-state index < -0.39 is 0 Å². The maximum Gasteiger partial charge on any atom is 0.0934 e. The Hall–Kier alpha value is -5.67. The summed E-state index contributed by atoms with van der Waals surface area (Å²) in [5.41, 5.74) is 10.9. The molecule has 1 heterocycles. The Morgan fingerprint density at radius 1 is 0.381 bits per heavy atom. The normalized spacial score (nSPS) is 10.9. The molecule has 3 nitrogen and oxygen atoms in total. The van der Waals surface area contributed by atoms with E-state index in [2.05, 4.69) is 167 Å². The number of rotatable bonds is 7. The van der Waals surface area contributed by atoms with E-state index in [1.165, 1.54) is 11.1 Å². The quantitative estimate of drug-likeness (QED) is 0.201. The molecule has 200 valence electrons. The van der Waals surface area contributed by atoms with E-state index in [1.54, 1.807) is 0 Å². The molecule has 0 saturated heterocycles. The minimum atomic E-state index is 0.940. The summed E-state index contributed by atoms with van der Waals surface area (Å²) in [6.45, 7) is 0. The second-order valence-electron chi connectivity index (χ2n) is 10.2. The number of para-hydroxylation sites is 2. The molecule has 0 saturated carbocycles. The summed E-state index contributed by atoms with van der Waals surface area (Å²) in [6, 6.07) is 61.3. The maximum atomic E-state index is 5.12. The number of nitrogens with zero attached hydrogens (tertiary/aromatic N) is 3. The molecule has 6 aromatic carbocycles. The van der Waals surface area contributed by atoms with Crippen LogP contribution < -0.4 is 4.90 Å². The minimum Gasteiger partial charge on any atom is -0.311 e. The van der Waals surface area contributed by atoms with E-state index in [4.69, 9.17) is 5.10 Å². The molecule has 7 rings (SSSR count). The molecule has 0 bridgehead atoms. The number of hydrogen-bond donors (Lipinski definition) is 0. The molecule has 0 N–H and O–H groups in total. The van der Waals surface area contributed by atoms with Gasteiger partial charge in [0.05, 0.1) is 17.1 Å². The molecule has 1 aromatic heterocycles. The van der Waals surface area contributed by atoms with Crippen LogP contribution in [0.1, 0.15) is 0 Å². The van der Waals surface area contributed by atoms with Gasteiger partial charge in [0.2, 0.25) is 0 Å². The van der Waals surface area contributed by atoms with E-state index in [9.17, 15) is 0 Å². The van der Waals surface area contributed by atoms with Crippen molar-refractivity contribution < 1.29 is 0 Å². The molecule has 0 aliphatic carbocycles. The molecule has 0 fully saturated rings. The fourth-order valence-corrected chi connectivity index (χ4v) is 5.37. The molecule has 0 aliphatic heterocycles. The molecule has 42 heavy (non-hydrogen) atoms. The highest BCUT2D eigenvalue weighted by atomic mass is 15.3. The van der Waals surface area contributed by atoms with Gasteiger partial charge in [-0.05, 0) is 71.8 Å². The molecule has 0 unspecified atom stereocenters. The fourth-order valence-electron chi connectivity index (χ4n) is 5.37. The zero-order valence-electron chi connectivity index (χ0n) is 23.1. The maximum absolute atomic E-state index is 5.12. The van der Waals surface area contributed by atoms with Crippen molar-refractivity contribution in [3.8, 4) is 39.3 Å². The average molecular weight is 540 g/mol. The Labute approximate surface area is 246 Å². The summed E-state index contributed by atoms with van der Waals surface area (Å²) in [5.74, 6) is 0. The monoisotopic (exact) mass is 539 g/mol. The van der Waals surface area contributed by atoms with E-state index in [0.29, 0.717) is 0 Å². The van der Waals surface area contributed by atoms with Crippen molar-refractivity contribution in [1.29, 1.82) is 0 Å². The smallest absolute Gasteiger partial charge is 0.0934 e. The summed E-state index contributed by atoms with van der Waals surface area (Å²) >= 11 is 0. The van der Waals surface area contributed by atoms with Gasteiger partial charge < -0.3 is 4.90 Å². The molecule has 0 atom stereocenters. The van der Waals surface area contributed by atoms with Crippen LogP contribution in [0.4, 0.5) is 17.1 Å². The third kappa shape index (κ3) is 5.12. The average Bonchev–Trinajstić information content (AvgIpc) is 3.53. The highest BCUT2D eigenvalue weighted by Crippen LogP contribution is 2.36. The van der Waals surface area contributed by atoms with Crippen LogP contribution in [0.3, 0.4) is 0 Å². The minimum absolute atomic E-state index is 0.940. The van der Waals surface area contributed by atoms with Crippen LogP contribution in [0.5, 0.6) is 0 Å². The molecular formula is C39H29N3. The predicted octanol–water partition coefficient (Wildman–Crippen LogP) is 10.3. The van der Waals surface area contributed by atoms with Gasteiger partial charge in [0.25, 0.3) is 0 Å². The van der Waals surface area contributed by atoms with E-state index >= 15 is 0 Å². The van der Waals surface area contributed by atoms with Gasteiger partial charge in [-0.15, -0.1) is 0 Å². The van der Waals surface area contributed by atoms with Crippen LogP contribution in [-0.4, -0.2) is 9.78 Å². The lowest BCUT2D eigenvalue weighted by atomic mass is 10.0. The molecule has 7 aromatic rings. The van der Waals surface area contributed by atoms with Crippen LogP contribution >= 0.6 is 0 Å². The summed E-state index contributed by atoms with van der Waals surface area (Å²) in [7, 11) is 0. The lowest BCUT2D eigenvalue weighted by Gasteiger charge is -2.25. The largest absolute Gasteiger partial charge is 0.311 e. The predicted molar refractivity (Wildman–Crippen MR) is 175 cm³/mol. The molecule has 0 spiro atoms.